The minimum absolute atomic E-state index is 0.0319. The van der Waals surface area contributed by atoms with Crippen molar-refractivity contribution in [2.45, 2.75) is 57.0 Å². The molecular formula is C21H29N3O3. The van der Waals surface area contributed by atoms with E-state index >= 15 is 0 Å². The maximum Gasteiger partial charge on any atom is 0.252 e. The van der Waals surface area contributed by atoms with E-state index in [0.717, 1.165) is 57.6 Å². The molecule has 3 fully saturated rings. The average molecular weight is 371 g/mol. The molecule has 1 aliphatic carbocycles. The van der Waals surface area contributed by atoms with Gasteiger partial charge in [0.15, 0.2) is 0 Å². The van der Waals surface area contributed by atoms with E-state index in [4.69, 9.17) is 4.74 Å². The Morgan fingerprint density at radius 2 is 1.96 bits per heavy atom. The van der Waals surface area contributed by atoms with Gasteiger partial charge in [-0.3, -0.25) is 14.6 Å². The molecule has 2 amide bonds. The molecule has 2 aliphatic heterocycles. The number of ether oxygens (including phenoxy) is 1. The fourth-order valence-corrected chi connectivity index (χ4v) is 4.00. The molecule has 0 radical (unpaired) electrons. The van der Waals surface area contributed by atoms with Crippen LogP contribution in [0.2, 0.25) is 0 Å². The van der Waals surface area contributed by atoms with Crippen molar-refractivity contribution in [3.8, 4) is 0 Å². The topological polar surface area (TPSA) is 71.5 Å². The van der Waals surface area contributed by atoms with Gasteiger partial charge in [-0.25, -0.2) is 0 Å². The van der Waals surface area contributed by atoms with Crippen LogP contribution in [0.15, 0.2) is 18.3 Å². The largest absolute Gasteiger partial charge is 0.378 e. The summed E-state index contributed by atoms with van der Waals surface area (Å²) in [4.78, 5) is 31.0. The van der Waals surface area contributed by atoms with Crippen LogP contribution in [-0.2, 0) is 9.53 Å². The van der Waals surface area contributed by atoms with Crippen LogP contribution >= 0.6 is 0 Å². The highest BCUT2D eigenvalue weighted by molar-refractivity contribution is 5.93. The van der Waals surface area contributed by atoms with E-state index in [-0.39, 0.29) is 17.9 Å². The van der Waals surface area contributed by atoms with Gasteiger partial charge >= 0.3 is 0 Å². The van der Waals surface area contributed by atoms with Crippen molar-refractivity contribution in [3.63, 3.8) is 0 Å². The zero-order valence-electron chi connectivity index (χ0n) is 15.9. The molecule has 27 heavy (non-hydrogen) atoms. The quantitative estimate of drug-likeness (QED) is 0.834. The molecule has 6 heteroatoms. The van der Waals surface area contributed by atoms with Crippen LogP contribution < -0.4 is 5.32 Å². The van der Waals surface area contributed by atoms with Gasteiger partial charge < -0.3 is 15.0 Å². The van der Waals surface area contributed by atoms with Crippen LogP contribution in [0, 0.1) is 5.92 Å². The van der Waals surface area contributed by atoms with Crippen molar-refractivity contribution in [2.75, 3.05) is 26.2 Å². The molecule has 3 heterocycles. The second kappa shape index (κ2) is 8.38. The minimum atomic E-state index is -0.0319. The van der Waals surface area contributed by atoms with Gasteiger partial charge in [0.25, 0.3) is 5.91 Å². The third-order valence-corrected chi connectivity index (χ3v) is 5.99. The smallest absolute Gasteiger partial charge is 0.252 e. The number of aromatic nitrogens is 1. The zero-order chi connectivity index (χ0) is 18.6. The van der Waals surface area contributed by atoms with Crippen molar-refractivity contribution >= 4 is 11.8 Å². The molecule has 0 aromatic carbocycles. The summed E-state index contributed by atoms with van der Waals surface area (Å²) in [5.41, 5.74) is 1.66. The lowest BCUT2D eigenvalue weighted by Gasteiger charge is -2.32. The number of carbonyl (C=O) groups excluding carboxylic acids is 2. The lowest BCUT2D eigenvalue weighted by atomic mass is 9.92. The third kappa shape index (κ3) is 4.86. The molecule has 1 N–H and O–H groups in total. The SMILES string of the molecule is O=C(NCC1CC1)c1ccc(C2CCN(C(=O)CC3CCCO3)CC2)nc1. The molecule has 1 unspecified atom stereocenters. The number of nitrogens with one attached hydrogen (secondary N) is 1. The Labute approximate surface area is 160 Å². The number of pyridine rings is 1. The number of likely N-dealkylation sites (tertiary alicyclic amines) is 1. The van der Waals surface area contributed by atoms with Gasteiger partial charge in [0.1, 0.15) is 0 Å². The van der Waals surface area contributed by atoms with Crippen molar-refractivity contribution in [2.24, 2.45) is 5.92 Å². The van der Waals surface area contributed by atoms with Crippen LogP contribution in [0.25, 0.3) is 0 Å². The number of amides is 2. The maximum atomic E-state index is 12.4. The summed E-state index contributed by atoms with van der Waals surface area (Å²) < 4.78 is 5.58. The molecule has 0 bridgehead atoms. The summed E-state index contributed by atoms with van der Waals surface area (Å²) in [6, 6.07) is 3.85. The third-order valence-electron chi connectivity index (χ3n) is 5.99. The number of hydrogen-bond donors (Lipinski definition) is 1. The van der Waals surface area contributed by atoms with E-state index in [1.54, 1.807) is 6.20 Å². The van der Waals surface area contributed by atoms with Gasteiger partial charge in [-0.05, 0) is 56.6 Å². The lowest BCUT2D eigenvalue weighted by Crippen LogP contribution is -2.39. The predicted octanol–water partition coefficient (Wildman–Crippen LogP) is 2.50. The van der Waals surface area contributed by atoms with E-state index in [2.05, 4.69) is 10.3 Å². The number of rotatable bonds is 6. The number of nitrogens with zero attached hydrogens (tertiary/aromatic N) is 2. The normalized spacial score (nSPS) is 23.4. The standard InChI is InChI=1S/C21H29N3O3/c25-20(12-18-2-1-11-27-18)24-9-7-16(8-10-24)19-6-5-17(14-22-19)21(26)23-13-15-3-4-15/h5-6,14-16,18H,1-4,7-13H2,(H,23,26). The lowest BCUT2D eigenvalue weighted by molar-refractivity contribution is -0.134. The highest BCUT2D eigenvalue weighted by Crippen LogP contribution is 2.29. The first-order chi connectivity index (χ1) is 13.2. The van der Waals surface area contributed by atoms with Crippen molar-refractivity contribution < 1.29 is 14.3 Å². The number of hydrogen-bond acceptors (Lipinski definition) is 4. The van der Waals surface area contributed by atoms with Crippen LogP contribution in [0.4, 0.5) is 0 Å². The Kier molecular flexibility index (Phi) is 5.72. The van der Waals surface area contributed by atoms with Crippen LogP contribution in [-0.4, -0.2) is 54.0 Å². The van der Waals surface area contributed by atoms with Crippen LogP contribution in [0.1, 0.15) is 66.9 Å². The van der Waals surface area contributed by atoms with Gasteiger partial charge in [-0.1, -0.05) is 0 Å². The molecule has 4 rings (SSSR count). The van der Waals surface area contributed by atoms with Crippen LogP contribution in [0.3, 0.4) is 0 Å². The molecule has 2 saturated heterocycles. The van der Waals surface area contributed by atoms with Gasteiger partial charge in [-0.15, -0.1) is 0 Å². The van der Waals surface area contributed by atoms with Gasteiger partial charge in [0, 0.05) is 44.0 Å². The Morgan fingerprint density at radius 3 is 2.59 bits per heavy atom. The summed E-state index contributed by atoms with van der Waals surface area (Å²) in [6.45, 7) is 3.13. The molecule has 3 aliphatic rings. The Bertz CT molecular complexity index is 658. The maximum absolute atomic E-state index is 12.4. The second-order valence-electron chi connectivity index (χ2n) is 8.12. The van der Waals surface area contributed by atoms with E-state index in [1.807, 2.05) is 17.0 Å². The van der Waals surface area contributed by atoms with E-state index in [0.29, 0.717) is 23.8 Å². The minimum Gasteiger partial charge on any atom is -0.378 e. The van der Waals surface area contributed by atoms with Gasteiger partial charge in [-0.2, -0.15) is 0 Å². The Hall–Kier alpha value is -1.95. The first-order valence-electron chi connectivity index (χ1n) is 10.3. The molecule has 6 nitrogen and oxygen atoms in total. The van der Waals surface area contributed by atoms with Crippen molar-refractivity contribution in [3.05, 3.63) is 29.6 Å². The first-order valence-corrected chi connectivity index (χ1v) is 10.3. The molecule has 1 atom stereocenters. The molecule has 146 valence electrons. The highest BCUT2D eigenvalue weighted by Gasteiger charge is 2.27. The monoisotopic (exact) mass is 371 g/mol. The first kappa shape index (κ1) is 18.4. The van der Waals surface area contributed by atoms with Gasteiger partial charge in [0.05, 0.1) is 18.1 Å². The van der Waals surface area contributed by atoms with E-state index < -0.39 is 0 Å². The number of carbonyl (C=O) groups is 2. The average Bonchev–Trinajstić information content (AvgIpc) is 3.41. The van der Waals surface area contributed by atoms with Gasteiger partial charge in [0.2, 0.25) is 5.91 Å². The Balaban J connectivity index is 1.24. The zero-order valence-corrected chi connectivity index (χ0v) is 15.9. The van der Waals surface area contributed by atoms with Crippen LogP contribution in [0.5, 0.6) is 0 Å². The Morgan fingerprint density at radius 1 is 1.15 bits per heavy atom. The molecule has 1 aromatic heterocycles. The molecule has 0 spiro atoms. The summed E-state index contributed by atoms with van der Waals surface area (Å²) in [5.74, 6) is 1.22. The highest BCUT2D eigenvalue weighted by atomic mass is 16.5. The van der Waals surface area contributed by atoms with Crippen molar-refractivity contribution in [1.29, 1.82) is 0 Å². The van der Waals surface area contributed by atoms with E-state index in [9.17, 15) is 9.59 Å². The number of piperidine rings is 1. The molecule has 1 aromatic rings. The summed E-state index contributed by atoms with van der Waals surface area (Å²) in [6.07, 6.45) is 8.72. The van der Waals surface area contributed by atoms with Crippen molar-refractivity contribution in [1.82, 2.24) is 15.2 Å². The second-order valence-corrected chi connectivity index (χ2v) is 8.12. The fraction of sp³-hybridized carbons (Fsp3) is 0.667. The summed E-state index contributed by atoms with van der Waals surface area (Å²) in [5, 5.41) is 2.97. The summed E-state index contributed by atoms with van der Waals surface area (Å²) in [7, 11) is 0. The summed E-state index contributed by atoms with van der Waals surface area (Å²) >= 11 is 0. The van der Waals surface area contributed by atoms with E-state index in [1.165, 1.54) is 12.8 Å². The fourth-order valence-electron chi connectivity index (χ4n) is 4.00. The molecular weight excluding hydrogens is 342 g/mol. The predicted molar refractivity (Wildman–Crippen MR) is 101 cm³/mol. The molecule has 1 saturated carbocycles.